The topological polar surface area (TPSA) is 102 Å². The third-order valence-electron chi connectivity index (χ3n) is 6.74. The Morgan fingerprint density at radius 2 is 1.68 bits per heavy atom. The summed E-state index contributed by atoms with van der Waals surface area (Å²) in [5, 5.41) is 0.509. The number of nitrogens with zero attached hydrogens (tertiary/aromatic N) is 4. The molecule has 0 bridgehead atoms. The summed E-state index contributed by atoms with van der Waals surface area (Å²) in [6, 6.07) is 9.60. The fraction of sp³-hybridized carbons (Fsp3) is 0.379. The molecule has 10 nitrogen and oxygen atoms in total. The van der Waals surface area contributed by atoms with Crippen LogP contribution in [0, 0.1) is 0 Å². The van der Waals surface area contributed by atoms with E-state index in [0.717, 1.165) is 30.8 Å². The van der Waals surface area contributed by atoms with Crippen LogP contribution in [-0.4, -0.2) is 95.2 Å². The van der Waals surface area contributed by atoms with E-state index in [1.807, 2.05) is 6.07 Å². The van der Waals surface area contributed by atoms with Gasteiger partial charge in [0.2, 0.25) is 10.0 Å². The van der Waals surface area contributed by atoms with Crippen LogP contribution in [-0.2, 0) is 14.8 Å². The monoisotopic (exact) mass is 600 g/mol. The van der Waals surface area contributed by atoms with Crippen LogP contribution in [0.5, 0.6) is 11.5 Å². The fourth-order valence-electron chi connectivity index (χ4n) is 4.58. The van der Waals surface area contributed by atoms with Gasteiger partial charge in [-0.1, -0.05) is 23.5 Å². The Morgan fingerprint density at radius 3 is 2.29 bits per heavy atom. The van der Waals surface area contributed by atoms with Gasteiger partial charge in [-0.3, -0.25) is 14.6 Å². The van der Waals surface area contributed by atoms with Crippen molar-refractivity contribution in [2.75, 3.05) is 71.6 Å². The minimum Gasteiger partial charge on any atom is -0.495 e. The van der Waals surface area contributed by atoms with Crippen LogP contribution in [0.25, 0.3) is 10.2 Å². The third-order valence-corrected chi connectivity index (χ3v) is 9.68. The number of fused-ring (bicyclic) bond motifs is 1. The molecular weight excluding hydrogens is 564 g/mol. The van der Waals surface area contributed by atoms with E-state index in [0.29, 0.717) is 47.5 Å². The zero-order chi connectivity index (χ0) is 29.4. The van der Waals surface area contributed by atoms with E-state index in [1.165, 1.54) is 39.9 Å². The van der Waals surface area contributed by atoms with Gasteiger partial charge in [-0.15, -0.1) is 13.2 Å². The molecule has 2 aromatic carbocycles. The minimum absolute atomic E-state index is 0.0890. The van der Waals surface area contributed by atoms with Crippen molar-refractivity contribution in [2.45, 2.75) is 11.3 Å². The molecule has 41 heavy (non-hydrogen) atoms. The van der Waals surface area contributed by atoms with Gasteiger partial charge in [0, 0.05) is 44.8 Å². The number of aromatic nitrogens is 1. The lowest BCUT2D eigenvalue weighted by atomic mass is 10.2. The fourth-order valence-corrected chi connectivity index (χ4v) is 7.06. The molecule has 0 N–H and O–H groups in total. The van der Waals surface area contributed by atoms with Gasteiger partial charge in [-0.2, -0.15) is 4.31 Å². The van der Waals surface area contributed by atoms with Crippen LogP contribution in [0.1, 0.15) is 16.8 Å². The Morgan fingerprint density at radius 1 is 1.05 bits per heavy atom. The Kier molecular flexibility index (Phi) is 10.5. The molecular formula is C29H36N4O6S2. The van der Waals surface area contributed by atoms with Crippen molar-refractivity contribution in [3.05, 3.63) is 67.3 Å². The van der Waals surface area contributed by atoms with Crippen molar-refractivity contribution >= 4 is 42.6 Å². The molecule has 0 saturated carbocycles. The normalized spacial score (nSPS) is 14.2. The van der Waals surface area contributed by atoms with Crippen molar-refractivity contribution in [2.24, 2.45) is 0 Å². The molecule has 220 valence electrons. The van der Waals surface area contributed by atoms with Gasteiger partial charge in [0.15, 0.2) is 5.13 Å². The molecule has 3 aromatic rings. The summed E-state index contributed by atoms with van der Waals surface area (Å²) in [4.78, 5) is 22.8. The number of carbonyl (C=O) groups is 1. The number of benzene rings is 2. The Bertz CT molecular complexity index is 1420. The third kappa shape index (κ3) is 6.96. The second kappa shape index (κ2) is 14.1. The molecule has 0 atom stereocenters. The number of thiazole rings is 1. The number of rotatable bonds is 14. The van der Waals surface area contributed by atoms with Crippen LogP contribution in [0.4, 0.5) is 5.13 Å². The molecule has 1 aliphatic rings. The summed E-state index contributed by atoms with van der Waals surface area (Å²) in [5.74, 6) is 0.951. The Hall–Kier alpha value is -3.29. The summed E-state index contributed by atoms with van der Waals surface area (Å²) in [7, 11) is -0.622. The lowest BCUT2D eigenvalue weighted by molar-refractivity contribution is 0.0376. The van der Waals surface area contributed by atoms with E-state index >= 15 is 0 Å². The number of sulfonamides is 1. The summed E-state index contributed by atoms with van der Waals surface area (Å²) in [6.45, 7) is 11.9. The molecule has 1 amide bonds. The molecule has 1 aliphatic heterocycles. The lowest BCUT2D eigenvalue weighted by Gasteiger charge is -2.27. The lowest BCUT2D eigenvalue weighted by Crippen LogP contribution is -2.39. The molecule has 1 fully saturated rings. The van der Waals surface area contributed by atoms with Gasteiger partial charge >= 0.3 is 0 Å². The van der Waals surface area contributed by atoms with E-state index in [-0.39, 0.29) is 23.9 Å². The van der Waals surface area contributed by atoms with Crippen molar-refractivity contribution in [1.29, 1.82) is 0 Å². The average molecular weight is 601 g/mol. The maximum absolute atomic E-state index is 13.9. The quantitative estimate of drug-likeness (QED) is 0.256. The van der Waals surface area contributed by atoms with Gasteiger partial charge in [0.25, 0.3) is 5.91 Å². The average Bonchev–Trinajstić information content (AvgIpc) is 3.44. The first-order valence-corrected chi connectivity index (χ1v) is 15.5. The molecule has 4 rings (SSSR count). The van der Waals surface area contributed by atoms with Crippen molar-refractivity contribution in [3.63, 3.8) is 0 Å². The smallest absolute Gasteiger partial charge is 0.260 e. The number of carbonyl (C=O) groups excluding carboxylic acids is 1. The number of methoxy groups -OCH3 is 2. The first kappa shape index (κ1) is 30.7. The molecule has 0 aliphatic carbocycles. The first-order chi connectivity index (χ1) is 19.8. The zero-order valence-electron chi connectivity index (χ0n) is 23.5. The molecule has 12 heteroatoms. The van der Waals surface area contributed by atoms with Gasteiger partial charge in [-0.05, 0) is 42.8 Å². The Balaban J connectivity index is 1.65. The van der Waals surface area contributed by atoms with Gasteiger partial charge in [0.1, 0.15) is 21.7 Å². The largest absolute Gasteiger partial charge is 0.495 e. The molecule has 1 aromatic heterocycles. The van der Waals surface area contributed by atoms with Crippen LogP contribution < -0.4 is 14.4 Å². The molecule has 0 unspecified atom stereocenters. The molecule has 0 spiro atoms. The van der Waals surface area contributed by atoms with E-state index in [1.54, 1.807) is 37.3 Å². The summed E-state index contributed by atoms with van der Waals surface area (Å²) < 4.78 is 44.9. The summed E-state index contributed by atoms with van der Waals surface area (Å²) in [6.07, 6.45) is 3.77. The first-order valence-electron chi connectivity index (χ1n) is 13.3. The SMILES string of the molecule is C=CCN(CC=C)S(=O)(=O)c1ccc(C(=O)N(CCCN2CCOCC2)c2nc3c(OC)ccc(OC)c3s2)cc1. The van der Waals surface area contributed by atoms with E-state index in [2.05, 4.69) is 18.1 Å². The highest BCUT2D eigenvalue weighted by Crippen LogP contribution is 2.40. The number of ether oxygens (including phenoxy) is 3. The zero-order valence-corrected chi connectivity index (χ0v) is 25.1. The molecule has 1 saturated heterocycles. The molecule has 0 radical (unpaired) electrons. The standard InChI is InChI=1S/C29H36N4O6S2/c1-5-14-32(15-6-2)41(35,36)23-10-8-22(9-11-23)28(34)33(17-7-16-31-18-20-39-21-19-31)29-30-26-24(37-3)12-13-25(38-4)27(26)40-29/h5-6,8-13H,1-2,7,14-21H2,3-4H3. The number of amides is 1. The number of hydrogen-bond acceptors (Lipinski definition) is 9. The number of anilines is 1. The van der Waals surface area contributed by atoms with E-state index in [9.17, 15) is 13.2 Å². The second-order valence-electron chi connectivity index (χ2n) is 9.33. The predicted octanol–water partition coefficient (Wildman–Crippen LogP) is 4.05. The maximum atomic E-state index is 13.9. The van der Waals surface area contributed by atoms with E-state index < -0.39 is 10.0 Å². The highest BCUT2D eigenvalue weighted by molar-refractivity contribution is 7.89. The van der Waals surface area contributed by atoms with Crippen LogP contribution in [0.15, 0.2) is 66.6 Å². The summed E-state index contributed by atoms with van der Waals surface area (Å²) in [5.41, 5.74) is 0.969. The minimum atomic E-state index is -3.79. The number of hydrogen-bond donors (Lipinski definition) is 0. The maximum Gasteiger partial charge on any atom is 0.260 e. The van der Waals surface area contributed by atoms with Crippen LogP contribution >= 0.6 is 11.3 Å². The predicted molar refractivity (Wildman–Crippen MR) is 162 cm³/mol. The number of morpholine rings is 1. The Labute approximate surface area is 245 Å². The molecule has 2 heterocycles. The van der Waals surface area contributed by atoms with Crippen LogP contribution in [0.2, 0.25) is 0 Å². The summed E-state index contributed by atoms with van der Waals surface area (Å²) >= 11 is 1.35. The van der Waals surface area contributed by atoms with Crippen molar-refractivity contribution in [3.8, 4) is 11.5 Å². The highest BCUT2D eigenvalue weighted by Gasteiger charge is 2.26. The highest BCUT2D eigenvalue weighted by atomic mass is 32.2. The van der Waals surface area contributed by atoms with Gasteiger partial charge in [-0.25, -0.2) is 13.4 Å². The van der Waals surface area contributed by atoms with Crippen molar-refractivity contribution < 1.29 is 27.4 Å². The second-order valence-corrected chi connectivity index (χ2v) is 12.2. The van der Waals surface area contributed by atoms with E-state index in [4.69, 9.17) is 19.2 Å². The van der Waals surface area contributed by atoms with Gasteiger partial charge in [0.05, 0.1) is 32.3 Å². The van der Waals surface area contributed by atoms with Crippen molar-refractivity contribution in [1.82, 2.24) is 14.2 Å². The van der Waals surface area contributed by atoms with Crippen LogP contribution in [0.3, 0.4) is 0 Å². The van der Waals surface area contributed by atoms with Gasteiger partial charge < -0.3 is 14.2 Å².